The summed E-state index contributed by atoms with van der Waals surface area (Å²) >= 11 is 0. The second kappa shape index (κ2) is 5.38. The van der Waals surface area contributed by atoms with Gasteiger partial charge >= 0.3 is 0 Å². The number of hydrogen-bond donors (Lipinski definition) is 5. The smallest absolute Gasteiger partial charge is 0.261 e. The molecular weight excluding hydrogens is 300 g/mol. The summed E-state index contributed by atoms with van der Waals surface area (Å²) < 4.78 is 5.17. The van der Waals surface area contributed by atoms with Gasteiger partial charge in [-0.25, -0.2) is 0 Å². The van der Waals surface area contributed by atoms with Gasteiger partial charge in [0.15, 0.2) is 0 Å². The first-order chi connectivity index (χ1) is 10.9. The quantitative estimate of drug-likeness (QED) is 0.496. The average molecular weight is 312 g/mol. The zero-order chi connectivity index (χ0) is 16.6. The third kappa shape index (κ3) is 2.80. The molecule has 0 aliphatic heterocycles. The number of rotatable bonds is 2. The van der Waals surface area contributed by atoms with Crippen molar-refractivity contribution < 1.29 is 24.5 Å². The molecule has 1 amide bonds. The molecule has 116 valence electrons. The van der Waals surface area contributed by atoms with Gasteiger partial charge in [0.1, 0.15) is 28.4 Å². The molecule has 0 aliphatic carbocycles. The van der Waals surface area contributed by atoms with E-state index in [-0.39, 0.29) is 33.8 Å². The van der Waals surface area contributed by atoms with Crippen molar-refractivity contribution in [3.63, 3.8) is 0 Å². The minimum Gasteiger partial charge on any atom is -0.508 e. The van der Waals surface area contributed by atoms with Crippen molar-refractivity contribution in [3.05, 3.63) is 53.6 Å². The Morgan fingerprint density at radius 2 is 1.83 bits per heavy atom. The van der Waals surface area contributed by atoms with Crippen LogP contribution in [0.2, 0.25) is 0 Å². The summed E-state index contributed by atoms with van der Waals surface area (Å²) in [4.78, 5) is 12.3. The highest BCUT2D eigenvalue weighted by atomic mass is 16.3. The molecule has 3 rings (SSSR count). The molecule has 2 aromatic carbocycles. The van der Waals surface area contributed by atoms with E-state index in [1.165, 1.54) is 24.3 Å². The van der Waals surface area contributed by atoms with Gasteiger partial charge in [-0.05, 0) is 18.2 Å². The Labute approximate surface area is 129 Å². The number of phenolic OH excluding ortho intramolecular Hbond substituents is 3. The number of amides is 1. The molecule has 0 saturated carbocycles. The molecule has 3 aromatic rings. The fourth-order valence-corrected chi connectivity index (χ4v) is 2.15. The van der Waals surface area contributed by atoms with E-state index in [2.05, 4.69) is 5.32 Å². The van der Waals surface area contributed by atoms with Gasteiger partial charge in [-0.1, -0.05) is 6.07 Å². The Kier molecular flexibility index (Phi) is 3.38. The normalized spacial score (nSPS) is 10.6. The zero-order valence-corrected chi connectivity index (χ0v) is 11.7. The third-order valence-electron chi connectivity index (χ3n) is 3.20. The van der Waals surface area contributed by atoms with E-state index in [0.717, 1.165) is 6.07 Å². The number of anilines is 1. The fraction of sp³-hybridized carbons (Fsp3) is 0. The molecule has 1 heterocycles. The first-order valence-corrected chi connectivity index (χ1v) is 6.59. The molecule has 23 heavy (non-hydrogen) atoms. The third-order valence-corrected chi connectivity index (χ3v) is 3.20. The number of hydrogen-bond acceptors (Lipinski definition) is 6. The lowest BCUT2D eigenvalue weighted by molar-refractivity contribution is 0.102. The average Bonchev–Trinajstić information content (AvgIpc) is 2.46. The maximum absolute atomic E-state index is 12.3. The first-order valence-electron chi connectivity index (χ1n) is 6.59. The van der Waals surface area contributed by atoms with Gasteiger partial charge in [-0.15, -0.1) is 0 Å². The van der Waals surface area contributed by atoms with E-state index in [1.807, 2.05) is 0 Å². The predicted octanol–water partition coefficient (Wildman–Crippen LogP) is 2.28. The minimum absolute atomic E-state index is 0.00906. The van der Waals surface area contributed by atoms with Crippen LogP contribution < -0.4 is 10.9 Å². The Balaban J connectivity index is 2.04. The summed E-state index contributed by atoms with van der Waals surface area (Å²) in [7, 11) is 0. The van der Waals surface area contributed by atoms with Gasteiger partial charge in [-0.2, -0.15) is 0 Å². The Morgan fingerprint density at radius 3 is 2.57 bits per heavy atom. The van der Waals surface area contributed by atoms with E-state index >= 15 is 0 Å². The van der Waals surface area contributed by atoms with Gasteiger partial charge in [0, 0.05) is 23.9 Å². The van der Waals surface area contributed by atoms with Gasteiger partial charge < -0.3 is 25.1 Å². The molecule has 0 unspecified atom stereocenters. The van der Waals surface area contributed by atoms with Crippen LogP contribution in [0, 0.1) is 5.41 Å². The van der Waals surface area contributed by atoms with Crippen LogP contribution in [-0.4, -0.2) is 21.2 Å². The summed E-state index contributed by atoms with van der Waals surface area (Å²) in [6.07, 6.45) is 0. The van der Waals surface area contributed by atoms with Crippen molar-refractivity contribution >= 4 is 22.6 Å². The molecule has 7 heteroatoms. The molecule has 7 nitrogen and oxygen atoms in total. The second-order valence-corrected chi connectivity index (χ2v) is 4.87. The molecule has 1 aromatic heterocycles. The lowest BCUT2D eigenvalue weighted by Crippen LogP contribution is -2.20. The van der Waals surface area contributed by atoms with Gasteiger partial charge in [-0.3, -0.25) is 10.2 Å². The van der Waals surface area contributed by atoms with Crippen LogP contribution in [0.5, 0.6) is 17.2 Å². The highest BCUT2D eigenvalue weighted by Gasteiger charge is 2.14. The molecule has 5 N–H and O–H groups in total. The lowest BCUT2D eigenvalue weighted by Gasteiger charge is -2.07. The predicted molar refractivity (Wildman–Crippen MR) is 81.5 cm³/mol. The summed E-state index contributed by atoms with van der Waals surface area (Å²) in [5.74, 6) is -1.12. The molecule has 0 bridgehead atoms. The van der Waals surface area contributed by atoms with Crippen LogP contribution in [0.3, 0.4) is 0 Å². The summed E-state index contributed by atoms with van der Waals surface area (Å²) in [6, 6.07) is 9.61. The molecule has 0 radical (unpaired) electrons. The van der Waals surface area contributed by atoms with Crippen molar-refractivity contribution in [2.75, 3.05) is 5.32 Å². The van der Waals surface area contributed by atoms with Crippen molar-refractivity contribution in [3.8, 4) is 17.2 Å². The van der Waals surface area contributed by atoms with Crippen LogP contribution in [0.1, 0.15) is 10.4 Å². The number of carbonyl (C=O) groups excluding carboxylic acids is 1. The molecule has 0 spiro atoms. The van der Waals surface area contributed by atoms with Crippen LogP contribution in [0.25, 0.3) is 11.0 Å². The Morgan fingerprint density at radius 1 is 1.04 bits per heavy atom. The van der Waals surface area contributed by atoms with E-state index < -0.39 is 11.5 Å². The van der Waals surface area contributed by atoms with Gasteiger partial charge in [0.05, 0.1) is 5.39 Å². The van der Waals surface area contributed by atoms with Crippen molar-refractivity contribution in [2.24, 2.45) is 0 Å². The Hall–Kier alpha value is -3.48. The SMILES string of the molecule is N=c1oc2cc(O)cc(O)c2cc1C(=O)Nc1cccc(O)c1. The summed E-state index contributed by atoms with van der Waals surface area (Å²) in [5.41, 5.74) is -0.0761. The van der Waals surface area contributed by atoms with Crippen LogP contribution in [0.4, 0.5) is 5.69 Å². The largest absolute Gasteiger partial charge is 0.508 e. The molecule has 0 saturated heterocycles. The number of benzene rings is 2. The van der Waals surface area contributed by atoms with Crippen molar-refractivity contribution in [2.45, 2.75) is 0 Å². The van der Waals surface area contributed by atoms with Crippen LogP contribution in [-0.2, 0) is 0 Å². The van der Waals surface area contributed by atoms with Gasteiger partial charge in [0.25, 0.3) is 5.91 Å². The summed E-state index contributed by atoms with van der Waals surface area (Å²) in [5, 5.41) is 39.1. The van der Waals surface area contributed by atoms with Gasteiger partial charge in [0.2, 0.25) is 5.55 Å². The van der Waals surface area contributed by atoms with Crippen LogP contribution >= 0.6 is 0 Å². The van der Waals surface area contributed by atoms with E-state index in [4.69, 9.17) is 9.83 Å². The standard InChI is InChI=1S/C16H12N2O5/c17-15-12(16(22)18-8-2-1-3-9(19)4-8)7-11-13(21)5-10(20)6-14(11)23-15/h1-7,17,19-21H,(H,18,22). The topological polar surface area (TPSA) is 127 Å². The summed E-state index contributed by atoms with van der Waals surface area (Å²) in [6.45, 7) is 0. The number of fused-ring (bicyclic) bond motifs is 1. The number of aromatic hydroxyl groups is 3. The number of carbonyl (C=O) groups is 1. The zero-order valence-electron chi connectivity index (χ0n) is 11.7. The molecule has 0 fully saturated rings. The Bertz CT molecular complexity index is 978. The maximum atomic E-state index is 12.3. The van der Waals surface area contributed by atoms with Crippen molar-refractivity contribution in [1.82, 2.24) is 0 Å². The number of nitrogens with one attached hydrogen (secondary N) is 2. The minimum atomic E-state index is -0.626. The molecular formula is C16H12N2O5. The second-order valence-electron chi connectivity index (χ2n) is 4.87. The fourth-order valence-electron chi connectivity index (χ4n) is 2.15. The van der Waals surface area contributed by atoms with E-state index in [9.17, 15) is 20.1 Å². The lowest BCUT2D eigenvalue weighted by atomic mass is 10.1. The van der Waals surface area contributed by atoms with E-state index in [0.29, 0.717) is 5.69 Å². The maximum Gasteiger partial charge on any atom is 0.261 e. The highest BCUT2D eigenvalue weighted by molar-refractivity contribution is 6.05. The van der Waals surface area contributed by atoms with Crippen LogP contribution in [0.15, 0.2) is 46.9 Å². The van der Waals surface area contributed by atoms with E-state index in [1.54, 1.807) is 12.1 Å². The monoisotopic (exact) mass is 312 g/mol. The number of phenols is 3. The first kappa shape index (κ1) is 14.5. The molecule has 0 atom stereocenters. The molecule has 0 aliphatic rings. The van der Waals surface area contributed by atoms with Crippen molar-refractivity contribution in [1.29, 1.82) is 5.41 Å². The highest BCUT2D eigenvalue weighted by Crippen LogP contribution is 2.29.